The molecule has 236 valence electrons. The molecule has 5 heterocycles. The molecule has 7 rings (SSSR count). The maximum Gasteiger partial charge on any atom is 0.319 e. The minimum atomic E-state index is -0.540. The van der Waals surface area contributed by atoms with Crippen LogP contribution in [0, 0.1) is 18.2 Å². The smallest absolute Gasteiger partial charge is 0.319 e. The number of nitrogens with zero attached hydrogens (tertiary/aromatic N) is 5. The van der Waals surface area contributed by atoms with E-state index in [9.17, 15) is 10.2 Å². The average molecular weight is 606 g/mol. The van der Waals surface area contributed by atoms with E-state index >= 15 is 4.39 Å². The van der Waals surface area contributed by atoms with Crippen molar-refractivity contribution in [1.82, 2.24) is 19.9 Å². The summed E-state index contributed by atoms with van der Waals surface area (Å²) in [6, 6.07) is 3.49. The highest BCUT2D eigenvalue weighted by Gasteiger charge is 2.47. The number of piperidine rings is 1. The second kappa shape index (κ2) is 11.7. The van der Waals surface area contributed by atoms with Gasteiger partial charge in [-0.25, -0.2) is 4.39 Å². The van der Waals surface area contributed by atoms with E-state index in [1.165, 1.54) is 0 Å². The maximum atomic E-state index is 16.8. The van der Waals surface area contributed by atoms with Crippen LogP contribution in [0.5, 0.6) is 11.8 Å². The van der Waals surface area contributed by atoms with Crippen molar-refractivity contribution in [2.75, 3.05) is 51.4 Å². The molecular weight excluding hydrogens is 561 g/mol. The molecule has 0 radical (unpaired) electrons. The number of halogens is 1. The summed E-state index contributed by atoms with van der Waals surface area (Å²) < 4.78 is 28.4. The van der Waals surface area contributed by atoms with Crippen molar-refractivity contribution in [2.24, 2.45) is 5.41 Å². The van der Waals surface area contributed by atoms with E-state index in [2.05, 4.69) is 14.8 Å². The molecule has 44 heavy (non-hydrogen) atoms. The molecule has 2 aromatic heterocycles. The molecule has 0 atom stereocenters. The van der Waals surface area contributed by atoms with Crippen LogP contribution in [-0.2, 0) is 11.2 Å². The number of phenols is 1. The topological polar surface area (TPSA) is 104 Å². The number of aryl methyl sites for hydroxylation is 1. The Kier molecular flexibility index (Phi) is 7.87. The molecule has 2 N–H and O–H groups in total. The van der Waals surface area contributed by atoms with Crippen LogP contribution >= 0.6 is 0 Å². The zero-order valence-corrected chi connectivity index (χ0v) is 25.9. The lowest BCUT2D eigenvalue weighted by atomic mass is 9.62. The van der Waals surface area contributed by atoms with Gasteiger partial charge >= 0.3 is 6.01 Å². The van der Waals surface area contributed by atoms with Crippen LogP contribution in [0.25, 0.3) is 22.2 Å². The summed E-state index contributed by atoms with van der Waals surface area (Å²) in [4.78, 5) is 19.0. The van der Waals surface area contributed by atoms with Gasteiger partial charge < -0.3 is 24.6 Å². The fourth-order valence-corrected chi connectivity index (χ4v) is 8.57. The molecule has 10 heteroatoms. The Bertz CT molecular complexity index is 1530. The van der Waals surface area contributed by atoms with E-state index in [1.54, 1.807) is 25.4 Å². The minimum absolute atomic E-state index is 0.00781. The first kappa shape index (κ1) is 29.6. The molecule has 0 unspecified atom stereocenters. The lowest BCUT2D eigenvalue weighted by Crippen LogP contribution is -2.52. The number of pyridine rings is 1. The summed E-state index contributed by atoms with van der Waals surface area (Å²) in [5.74, 6) is 0.171. The number of phenolic OH excluding ortho intramolecular Hbond substituents is 1. The third-order valence-corrected chi connectivity index (χ3v) is 10.7. The van der Waals surface area contributed by atoms with Gasteiger partial charge in [0.15, 0.2) is 5.82 Å². The lowest BCUT2D eigenvalue weighted by molar-refractivity contribution is -0.0396. The summed E-state index contributed by atoms with van der Waals surface area (Å²) in [7, 11) is 1.67. The zero-order valence-electron chi connectivity index (χ0n) is 25.9. The van der Waals surface area contributed by atoms with Gasteiger partial charge in [0.05, 0.1) is 17.0 Å². The van der Waals surface area contributed by atoms with Crippen LogP contribution in [0.4, 0.5) is 10.2 Å². The number of fused-ring (bicyclic) bond motifs is 2. The molecule has 3 aromatic rings. The van der Waals surface area contributed by atoms with E-state index < -0.39 is 5.82 Å². The highest BCUT2D eigenvalue weighted by Crippen LogP contribution is 2.49. The molecule has 1 aromatic carbocycles. The predicted molar refractivity (Wildman–Crippen MR) is 167 cm³/mol. The van der Waals surface area contributed by atoms with Gasteiger partial charge in [-0.3, -0.25) is 9.88 Å². The Morgan fingerprint density at radius 1 is 1.07 bits per heavy atom. The molecular formula is C34H44FN5O4. The van der Waals surface area contributed by atoms with Gasteiger partial charge in [-0.15, -0.1) is 0 Å². The summed E-state index contributed by atoms with van der Waals surface area (Å²) in [6.07, 6.45) is 11.0. The normalized spacial score (nSPS) is 24.6. The molecule has 4 fully saturated rings. The number of aliphatic hydroxyl groups is 1. The standard InChI is InChI=1S/C34H44FN5O4/c1-22-15-23(41)16-26(25(22)7-3-14-43-2)29-28(35)30-27(19-36-29)31(39-11-4-8-33(20-39)17-24(42)18-33)38-32(37-30)44-21-34-9-5-12-40(34)13-6-10-34/h15-16,19,24,41-42H,3-14,17-18,20-21H2,1-2H3. The van der Waals surface area contributed by atoms with Gasteiger partial charge in [-0.05, 0) is 113 Å². The number of rotatable bonds is 9. The van der Waals surface area contributed by atoms with Gasteiger partial charge in [0.1, 0.15) is 29.4 Å². The summed E-state index contributed by atoms with van der Waals surface area (Å²) >= 11 is 0. The molecule has 1 saturated carbocycles. The van der Waals surface area contributed by atoms with Crippen molar-refractivity contribution in [1.29, 1.82) is 0 Å². The first-order chi connectivity index (χ1) is 21.3. The number of ether oxygens (including phenoxy) is 2. The third-order valence-electron chi connectivity index (χ3n) is 10.7. The van der Waals surface area contributed by atoms with Crippen LogP contribution in [0.1, 0.15) is 68.9 Å². The number of aromatic hydroxyl groups is 1. The van der Waals surface area contributed by atoms with Gasteiger partial charge in [0.25, 0.3) is 0 Å². The van der Waals surface area contributed by atoms with Crippen LogP contribution < -0.4 is 9.64 Å². The summed E-state index contributed by atoms with van der Waals surface area (Å²) in [5.41, 5.74) is 2.78. The first-order valence-corrected chi connectivity index (χ1v) is 16.3. The number of aromatic nitrogens is 3. The fraction of sp³-hybridized carbons (Fsp3) is 0.618. The first-order valence-electron chi connectivity index (χ1n) is 16.3. The molecule has 4 aliphatic rings. The molecule has 9 nitrogen and oxygen atoms in total. The Balaban J connectivity index is 1.31. The zero-order chi connectivity index (χ0) is 30.5. The summed E-state index contributed by atoms with van der Waals surface area (Å²) in [6.45, 7) is 6.73. The largest absolute Gasteiger partial charge is 0.508 e. The quantitative estimate of drug-likeness (QED) is 0.320. The number of hydrogen-bond donors (Lipinski definition) is 2. The average Bonchev–Trinajstić information content (AvgIpc) is 3.57. The number of hydrogen-bond acceptors (Lipinski definition) is 9. The maximum absolute atomic E-state index is 16.8. The minimum Gasteiger partial charge on any atom is -0.508 e. The monoisotopic (exact) mass is 605 g/mol. The lowest BCUT2D eigenvalue weighted by Gasteiger charge is -2.51. The van der Waals surface area contributed by atoms with E-state index in [0.29, 0.717) is 36.4 Å². The van der Waals surface area contributed by atoms with E-state index in [1.807, 2.05) is 6.92 Å². The van der Waals surface area contributed by atoms with Gasteiger partial charge in [0.2, 0.25) is 0 Å². The van der Waals surface area contributed by atoms with Crippen molar-refractivity contribution in [3.8, 4) is 23.0 Å². The van der Waals surface area contributed by atoms with Crippen molar-refractivity contribution in [3.05, 3.63) is 35.3 Å². The van der Waals surface area contributed by atoms with Crippen LogP contribution in [0.3, 0.4) is 0 Å². The van der Waals surface area contributed by atoms with Gasteiger partial charge in [-0.2, -0.15) is 9.97 Å². The SMILES string of the molecule is COCCCc1c(C)cc(O)cc1-c1ncc2c(N3CCCC4(CC(O)C4)C3)nc(OCC34CCCN3CCC4)nc2c1F. The predicted octanol–water partition coefficient (Wildman–Crippen LogP) is 5.17. The Labute approximate surface area is 258 Å². The van der Waals surface area contributed by atoms with Crippen LogP contribution in [-0.4, -0.2) is 88.2 Å². The molecule has 3 saturated heterocycles. The molecule has 1 spiro atoms. The van der Waals surface area contributed by atoms with Crippen LogP contribution in [0.15, 0.2) is 18.3 Å². The van der Waals surface area contributed by atoms with Gasteiger partial charge in [0, 0.05) is 38.6 Å². The highest BCUT2D eigenvalue weighted by atomic mass is 19.1. The summed E-state index contributed by atoms with van der Waals surface area (Å²) in [5, 5.41) is 21.2. The number of benzene rings is 1. The molecule has 1 aliphatic carbocycles. The van der Waals surface area contributed by atoms with Crippen molar-refractivity contribution < 1.29 is 24.1 Å². The second-order valence-electron chi connectivity index (χ2n) is 13.7. The fourth-order valence-electron chi connectivity index (χ4n) is 8.57. The third kappa shape index (κ3) is 5.28. The number of methoxy groups -OCH3 is 1. The van der Waals surface area contributed by atoms with Crippen molar-refractivity contribution in [2.45, 2.75) is 82.8 Å². The van der Waals surface area contributed by atoms with E-state index in [-0.39, 0.29) is 40.0 Å². The Morgan fingerprint density at radius 2 is 1.84 bits per heavy atom. The Morgan fingerprint density at radius 3 is 2.59 bits per heavy atom. The second-order valence-corrected chi connectivity index (χ2v) is 13.7. The molecule has 0 bridgehead atoms. The van der Waals surface area contributed by atoms with E-state index in [4.69, 9.17) is 19.4 Å². The van der Waals surface area contributed by atoms with Crippen molar-refractivity contribution in [3.63, 3.8) is 0 Å². The van der Waals surface area contributed by atoms with Gasteiger partial charge in [-0.1, -0.05) is 0 Å². The van der Waals surface area contributed by atoms with Crippen LogP contribution in [0.2, 0.25) is 0 Å². The number of anilines is 1. The number of aliphatic hydroxyl groups excluding tert-OH is 1. The van der Waals surface area contributed by atoms with E-state index in [0.717, 1.165) is 95.1 Å². The Hall–Kier alpha value is -3.08. The van der Waals surface area contributed by atoms with Crippen molar-refractivity contribution >= 4 is 16.7 Å². The molecule has 3 aliphatic heterocycles. The molecule has 0 amide bonds. The highest BCUT2D eigenvalue weighted by molar-refractivity contribution is 5.92.